The Morgan fingerprint density at radius 2 is 1.24 bits per heavy atom. The molecule has 0 saturated heterocycles. The van der Waals surface area contributed by atoms with Gasteiger partial charge in [0.2, 0.25) is 11.8 Å². The van der Waals surface area contributed by atoms with Gasteiger partial charge in [-0.25, -0.2) is 4.79 Å². The number of ketones is 2. The molecule has 3 aromatic carbocycles. The van der Waals surface area contributed by atoms with Crippen molar-refractivity contribution in [2.75, 3.05) is 0 Å². The van der Waals surface area contributed by atoms with Gasteiger partial charge < -0.3 is 20.1 Å². The number of esters is 1. The first-order valence-corrected chi connectivity index (χ1v) is 17.0. The molecule has 0 heterocycles. The molecule has 0 radical (unpaired) electrons. The lowest BCUT2D eigenvalue weighted by Crippen LogP contribution is -2.47. The predicted octanol–water partition coefficient (Wildman–Crippen LogP) is 6.17. The quantitative estimate of drug-likeness (QED) is 0.138. The summed E-state index contributed by atoms with van der Waals surface area (Å²) < 4.78 is 11.5. The third-order valence-corrected chi connectivity index (χ3v) is 8.11. The van der Waals surface area contributed by atoms with Gasteiger partial charge in [-0.1, -0.05) is 100 Å². The van der Waals surface area contributed by atoms with Crippen LogP contribution in [-0.4, -0.2) is 41.4 Å². The minimum Gasteiger partial charge on any atom is -0.489 e. The maximum absolute atomic E-state index is 13.8. The zero-order valence-electron chi connectivity index (χ0n) is 29.3. The Kier molecular flexibility index (Phi) is 15.7. The lowest BCUT2D eigenvalue weighted by molar-refractivity contribution is -0.150. The summed E-state index contributed by atoms with van der Waals surface area (Å²) in [6.07, 6.45) is 0.484. The molecule has 3 aromatic rings. The third kappa shape index (κ3) is 14.1. The zero-order valence-corrected chi connectivity index (χ0v) is 29.3. The van der Waals surface area contributed by atoms with Crippen molar-refractivity contribution in [2.45, 2.75) is 92.0 Å². The molecule has 2 N–H and O–H groups in total. The van der Waals surface area contributed by atoms with E-state index in [-0.39, 0.29) is 55.7 Å². The molecule has 9 heteroatoms. The van der Waals surface area contributed by atoms with Crippen LogP contribution >= 0.6 is 0 Å². The SMILES string of the molecule is CC(C)C[C@H](NC(=O)[C@@H](CC(=O)[C@H](C)NC(=O)CCC(=O)C(C)C)Cc1ccc(OCc2ccccc2)cc1)C(=O)OCc1ccccc1. The van der Waals surface area contributed by atoms with Crippen molar-refractivity contribution in [3.05, 3.63) is 102 Å². The van der Waals surface area contributed by atoms with Gasteiger partial charge in [0.1, 0.15) is 30.8 Å². The number of carbonyl (C=O) groups excluding carboxylic acids is 5. The maximum Gasteiger partial charge on any atom is 0.328 e. The van der Waals surface area contributed by atoms with Crippen LogP contribution in [0.25, 0.3) is 0 Å². The normalized spacial score (nSPS) is 12.9. The Morgan fingerprint density at radius 3 is 1.82 bits per heavy atom. The van der Waals surface area contributed by atoms with Crippen LogP contribution in [0.15, 0.2) is 84.9 Å². The summed E-state index contributed by atoms with van der Waals surface area (Å²) in [4.78, 5) is 64.9. The number of amides is 2. The lowest BCUT2D eigenvalue weighted by Gasteiger charge is -2.24. The van der Waals surface area contributed by atoms with Gasteiger partial charge in [0, 0.05) is 31.1 Å². The van der Waals surface area contributed by atoms with E-state index in [4.69, 9.17) is 9.47 Å². The van der Waals surface area contributed by atoms with Gasteiger partial charge in [0.25, 0.3) is 0 Å². The van der Waals surface area contributed by atoms with Crippen LogP contribution < -0.4 is 15.4 Å². The van der Waals surface area contributed by atoms with Crippen LogP contribution in [0.4, 0.5) is 0 Å². The number of hydrogen-bond donors (Lipinski definition) is 2. The fraction of sp³-hybridized carbons (Fsp3) is 0.425. The topological polar surface area (TPSA) is 128 Å². The number of benzene rings is 3. The molecule has 3 atom stereocenters. The Bertz CT molecular complexity index is 1500. The molecule has 49 heavy (non-hydrogen) atoms. The van der Waals surface area contributed by atoms with E-state index in [2.05, 4.69) is 10.6 Å². The van der Waals surface area contributed by atoms with E-state index in [0.29, 0.717) is 18.8 Å². The van der Waals surface area contributed by atoms with Crippen molar-refractivity contribution < 1.29 is 33.4 Å². The molecule has 0 unspecified atom stereocenters. The first-order valence-electron chi connectivity index (χ1n) is 17.0. The Morgan fingerprint density at radius 1 is 0.653 bits per heavy atom. The van der Waals surface area contributed by atoms with Crippen LogP contribution in [0.1, 0.15) is 77.0 Å². The second kappa shape index (κ2) is 19.9. The third-order valence-electron chi connectivity index (χ3n) is 8.11. The summed E-state index contributed by atoms with van der Waals surface area (Å²) in [5.74, 6) is -2.04. The predicted molar refractivity (Wildman–Crippen MR) is 188 cm³/mol. The van der Waals surface area contributed by atoms with Crippen LogP contribution in [-0.2, 0) is 48.3 Å². The first-order chi connectivity index (χ1) is 23.4. The monoisotopic (exact) mass is 670 g/mol. The van der Waals surface area contributed by atoms with Gasteiger partial charge in [0.15, 0.2) is 5.78 Å². The van der Waals surface area contributed by atoms with E-state index in [1.54, 1.807) is 20.8 Å². The number of ether oxygens (including phenoxy) is 2. The molecule has 0 aliphatic carbocycles. The highest BCUT2D eigenvalue weighted by molar-refractivity contribution is 5.94. The smallest absolute Gasteiger partial charge is 0.328 e. The molecule has 0 aliphatic rings. The second-order valence-electron chi connectivity index (χ2n) is 13.2. The molecule has 0 aliphatic heterocycles. The van der Waals surface area contributed by atoms with Gasteiger partial charge in [-0.05, 0) is 54.5 Å². The van der Waals surface area contributed by atoms with Crippen LogP contribution in [0.3, 0.4) is 0 Å². The Hall–Kier alpha value is -4.79. The fourth-order valence-electron chi connectivity index (χ4n) is 5.15. The van der Waals surface area contributed by atoms with E-state index in [0.717, 1.165) is 16.7 Å². The number of hydrogen-bond acceptors (Lipinski definition) is 7. The van der Waals surface area contributed by atoms with Gasteiger partial charge in [-0.15, -0.1) is 0 Å². The molecule has 0 spiro atoms. The molecule has 262 valence electrons. The second-order valence-corrected chi connectivity index (χ2v) is 13.2. The highest BCUT2D eigenvalue weighted by Gasteiger charge is 2.30. The molecule has 0 fully saturated rings. The Balaban J connectivity index is 1.72. The fourth-order valence-corrected chi connectivity index (χ4v) is 5.15. The summed E-state index contributed by atoms with van der Waals surface area (Å²) in [5.41, 5.74) is 2.67. The van der Waals surface area contributed by atoms with Crippen molar-refractivity contribution in [3.63, 3.8) is 0 Å². The maximum atomic E-state index is 13.8. The first kappa shape index (κ1) is 38.7. The molecular weight excluding hydrogens is 620 g/mol. The standard InChI is InChI=1S/C40H50N2O7/c1-27(2)22-35(40(47)49-26-32-14-10-7-11-15-32)42-39(46)33(24-37(44)29(5)41-38(45)21-20-36(43)28(3)4)23-30-16-18-34(19-17-30)48-25-31-12-8-6-9-13-31/h6-19,27-29,33,35H,20-26H2,1-5H3,(H,41,45)(H,42,46)/t29-,33+,35-/m0/s1. The molecule has 3 rings (SSSR count). The van der Waals surface area contributed by atoms with E-state index in [1.807, 2.05) is 98.8 Å². The minimum atomic E-state index is -0.904. The van der Waals surface area contributed by atoms with Crippen molar-refractivity contribution >= 4 is 29.4 Å². The molecule has 0 bridgehead atoms. The van der Waals surface area contributed by atoms with Crippen LogP contribution in [0.5, 0.6) is 5.75 Å². The molecule has 0 aromatic heterocycles. The van der Waals surface area contributed by atoms with E-state index in [1.165, 1.54) is 0 Å². The zero-order chi connectivity index (χ0) is 35.8. The van der Waals surface area contributed by atoms with Gasteiger partial charge in [0.05, 0.1) is 6.04 Å². The molecule has 2 amide bonds. The van der Waals surface area contributed by atoms with Gasteiger partial charge >= 0.3 is 5.97 Å². The number of carbonyl (C=O) groups is 5. The van der Waals surface area contributed by atoms with Gasteiger partial charge in [-0.2, -0.15) is 0 Å². The molecular formula is C40H50N2O7. The van der Waals surface area contributed by atoms with E-state index in [9.17, 15) is 24.0 Å². The molecule has 9 nitrogen and oxygen atoms in total. The lowest BCUT2D eigenvalue weighted by atomic mass is 9.91. The summed E-state index contributed by atoms with van der Waals surface area (Å²) >= 11 is 0. The van der Waals surface area contributed by atoms with Gasteiger partial charge in [-0.3, -0.25) is 19.2 Å². The van der Waals surface area contributed by atoms with Crippen molar-refractivity contribution in [2.24, 2.45) is 17.8 Å². The average Bonchev–Trinajstić information content (AvgIpc) is 3.09. The van der Waals surface area contributed by atoms with Crippen molar-refractivity contribution in [1.82, 2.24) is 10.6 Å². The summed E-state index contributed by atoms with van der Waals surface area (Å²) in [7, 11) is 0. The van der Waals surface area contributed by atoms with E-state index >= 15 is 0 Å². The Labute approximate surface area is 290 Å². The van der Waals surface area contributed by atoms with Crippen LogP contribution in [0, 0.1) is 17.8 Å². The van der Waals surface area contributed by atoms with E-state index < -0.39 is 35.8 Å². The highest BCUT2D eigenvalue weighted by Crippen LogP contribution is 2.20. The number of nitrogens with one attached hydrogen (secondary N) is 2. The summed E-state index contributed by atoms with van der Waals surface area (Å²) in [6.45, 7) is 9.50. The van der Waals surface area contributed by atoms with Crippen molar-refractivity contribution in [3.8, 4) is 5.75 Å². The summed E-state index contributed by atoms with van der Waals surface area (Å²) in [6, 6.07) is 24.7. The molecule has 0 saturated carbocycles. The number of Topliss-reactive ketones (excluding diaryl/α,β-unsaturated/α-hetero) is 2. The number of rotatable bonds is 20. The van der Waals surface area contributed by atoms with Crippen LogP contribution in [0.2, 0.25) is 0 Å². The summed E-state index contributed by atoms with van der Waals surface area (Å²) in [5, 5.41) is 5.54. The largest absolute Gasteiger partial charge is 0.489 e. The highest BCUT2D eigenvalue weighted by atomic mass is 16.5. The van der Waals surface area contributed by atoms with Crippen molar-refractivity contribution in [1.29, 1.82) is 0 Å². The average molecular weight is 671 g/mol. The minimum absolute atomic E-state index is 0.0147.